The van der Waals surface area contributed by atoms with Crippen molar-refractivity contribution in [3.8, 4) is 11.5 Å². The van der Waals surface area contributed by atoms with Crippen molar-refractivity contribution < 1.29 is 14.6 Å². The van der Waals surface area contributed by atoms with Gasteiger partial charge in [0.15, 0.2) is 0 Å². The van der Waals surface area contributed by atoms with E-state index in [4.69, 9.17) is 4.74 Å². The molecule has 0 saturated carbocycles. The van der Waals surface area contributed by atoms with E-state index in [9.17, 15) is 9.90 Å². The van der Waals surface area contributed by atoms with Gasteiger partial charge in [-0.05, 0) is 104 Å². The maximum absolute atomic E-state index is 12.5. The van der Waals surface area contributed by atoms with Crippen LogP contribution in [0, 0.1) is 5.92 Å². The van der Waals surface area contributed by atoms with Crippen molar-refractivity contribution in [3.63, 3.8) is 0 Å². The highest BCUT2D eigenvalue weighted by Gasteiger charge is 2.19. The quantitative estimate of drug-likeness (QED) is 0.462. The van der Waals surface area contributed by atoms with Gasteiger partial charge in [-0.25, -0.2) is 4.79 Å². The molecule has 1 unspecified atom stereocenters. The van der Waals surface area contributed by atoms with E-state index in [2.05, 4.69) is 41.8 Å². The monoisotopic (exact) mass is 445 g/mol. The molecule has 0 radical (unpaired) electrons. The zero-order valence-corrected chi connectivity index (χ0v) is 19.2. The summed E-state index contributed by atoms with van der Waals surface area (Å²) in [6.07, 6.45) is 3.33. The topological polar surface area (TPSA) is 73.8 Å². The van der Waals surface area contributed by atoms with Crippen LogP contribution in [0.25, 0.3) is 0 Å². The van der Waals surface area contributed by atoms with Gasteiger partial charge < -0.3 is 25.4 Å². The van der Waals surface area contributed by atoms with Crippen LogP contribution < -0.4 is 15.4 Å². The summed E-state index contributed by atoms with van der Waals surface area (Å²) in [5.41, 5.74) is 4.99. The summed E-state index contributed by atoms with van der Waals surface area (Å²) >= 11 is 0. The van der Waals surface area contributed by atoms with Crippen molar-refractivity contribution in [1.29, 1.82) is 0 Å². The molecule has 1 aliphatic carbocycles. The predicted octanol–water partition coefficient (Wildman–Crippen LogP) is 5.28. The normalized spacial score (nSPS) is 15.1. The highest BCUT2D eigenvalue weighted by Crippen LogP contribution is 2.28. The molecule has 6 heteroatoms. The lowest BCUT2D eigenvalue weighted by Gasteiger charge is -2.27. The third-order valence-corrected chi connectivity index (χ3v) is 5.85. The third kappa shape index (κ3) is 6.34. The SMILES string of the molecule is CN(C)CC1CCc2cc(NC(=O)Nc3ccc(Oc4cccc(CO)c4)cc3)ccc2C1. The lowest BCUT2D eigenvalue weighted by Crippen LogP contribution is -2.26. The number of amides is 2. The molecule has 0 saturated heterocycles. The highest BCUT2D eigenvalue weighted by atomic mass is 16.5. The number of ether oxygens (including phenoxy) is 1. The van der Waals surface area contributed by atoms with Gasteiger partial charge in [-0.2, -0.15) is 0 Å². The first-order valence-corrected chi connectivity index (χ1v) is 11.3. The smallest absolute Gasteiger partial charge is 0.323 e. The molecule has 0 bridgehead atoms. The summed E-state index contributed by atoms with van der Waals surface area (Å²) in [7, 11) is 4.25. The van der Waals surface area contributed by atoms with Gasteiger partial charge >= 0.3 is 6.03 Å². The number of nitrogens with zero attached hydrogens (tertiary/aromatic N) is 1. The Morgan fingerprint density at radius 1 is 0.970 bits per heavy atom. The minimum Gasteiger partial charge on any atom is -0.457 e. The summed E-state index contributed by atoms with van der Waals surface area (Å²) in [6, 6.07) is 20.4. The molecule has 6 nitrogen and oxygen atoms in total. The average Bonchev–Trinajstić information content (AvgIpc) is 2.80. The molecule has 33 heavy (non-hydrogen) atoms. The van der Waals surface area contributed by atoms with Crippen LogP contribution in [-0.2, 0) is 19.4 Å². The molecule has 2 amide bonds. The number of rotatable bonds is 7. The van der Waals surface area contributed by atoms with E-state index in [1.807, 2.05) is 24.3 Å². The first-order chi connectivity index (χ1) is 16.0. The number of carbonyl (C=O) groups excluding carboxylic acids is 1. The van der Waals surface area contributed by atoms with E-state index in [-0.39, 0.29) is 12.6 Å². The van der Waals surface area contributed by atoms with Crippen molar-refractivity contribution in [2.45, 2.75) is 25.9 Å². The molecule has 3 aromatic carbocycles. The Morgan fingerprint density at radius 2 is 1.73 bits per heavy atom. The zero-order valence-electron chi connectivity index (χ0n) is 19.2. The van der Waals surface area contributed by atoms with Crippen LogP contribution in [0.3, 0.4) is 0 Å². The predicted molar refractivity (Wildman–Crippen MR) is 132 cm³/mol. The van der Waals surface area contributed by atoms with E-state index in [0.29, 0.717) is 23.1 Å². The minimum absolute atomic E-state index is 0.0314. The second kappa shape index (κ2) is 10.5. The van der Waals surface area contributed by atoms with E-state index in [1.54, 1.807) is 30.3 Å². The Hall–Kier alpha value is -3.35. The van der Waals surface area contributed by atoms with E-state index >= 15 is 0 Å². The molecule has 3 aromatic rings. The van der Waals surface area contributed by atoms with E-state index in [0.717, 1.165) is 30.6 Å². The molecule has 4 rings (SSSR count). The standard InChI is InChI=1S/C27H31N3O3/c1-30(2)17-19-6-7-22-16-24(9-8-21(22)14-19)29-27(32)28-23-10-12-25(13-11-23)33-26-5-3-4-20(15-26)18-31/h3-5,8-13,15-16,19,31H,6-7,14,17-18H2,1-2H3,(H2,28,29,32). The lowest BCUT2D eigenvalue weighted by atomic mass is 9.83. The molecule has 0 fully saturated rings. The Bertz CT molecular complexity index is 1100. The summed E-state index contributed by atoms with van der Waals surface area (Å²) in [5.74, 6) is 2.00. The van der Waals surface area contributed by atoms with Crippen molar-refractivity contribution in [2.75, 3.05) is 31.3 Å². The van der Waals surface area contributed by atoms with E-state index in [1.165, 1.54) is 17.5 Å². The Kier molecular flexibility index (Phi) is 7.27. The molecule has 0 aromatic heterocycles. The Balaban J connectivity index is 1.31. The van der Waals surface area contributed by atoms with Crippen LogP contribution in [-0.4, -0.2) is 36.7 Å². The maximum atomic E-state index is 12.5. The minimum atomic E-state index is -0.277. The first kappa shape index (κ1) is 22.8. The number of aryl methyl sites for hydroxylation is 1. The van der Waals surface area contributed by atoms with Gasteiger partial charge in [-0.15, -0.1) is 0 Å². The Labute approximate surface area is 195 Å². The summed E-state index contributed by atoms with van der Waals surface area (Å²) in [6.45, 7) is 1.08. The molecule has 3 N–H and O–H groups in total. The average molecular weight is 446 g/mol. The van der Waals surface area contributed by atoms with Crippen LogP contribution >= 0.6 is 0 Å². The number of anilines is 2. The Morgan fingerprint density at radius 3 is 2.48 bits per heavy atom. The van der Waals surface area contributed by atoms with Crippen molar-refractivity contribution in [3.05, 3.63) is 83.4 Å². The van der Waals surface area contributed by atoms with Crippen molar-refractivity contribution in [2.24, 2.45) is 5.92 Å². The van der Waals surface area contributed by atoms with Gasteiger partial charge in [0.05, 0.1) is 6.61 Å². The second-order valence-electron chi connectivity index (χ2n) is 8.87. The second-order valence-corrected chi connectivity index (χ2v) is 8.87. The molecule has 0 heterocycles. The van der Waals surface area contributed by atoms with Gasteiger partial charge in [0.1, 0.15) is 11.5 Å². The fourth-order valence-corrected chi connectivity index (χ4v) is 4.32. The van der Waals surface area contributed by atoms with Crippen molar-refractivity contribution in [1.82, 2.24) is 4.90 Å². The molecule has 172 valence electrons. The fourth-order valence-electron chi connectivity index (χ4n) is 4.32. The van der Waals surface area contributed by atoms with Crippen LogP contribution in [0.1, 0.15) is 23.1 Å². The number of benzene rings is 3. The molecule has 0 spiro atoms. The molecule has 0 aliphatic heterocycles. The van der Waals surface area contributed by atoms with Gasteiger partial charge in [-0.3, -0.25) is 0 Å². The molecular formula is C27H31N3O3. The van der Waals surface area contributed by atoms with Gasteiger partial charge in [0, 0.05) is 17.9 Å². The number of urea groups is 1. The first-order valence-electron chi connectivity index (χ1n) is 11.3. The van der Waals surface area contributed by atoms with Crippen LogP contribution in [0.5, 0.6) is 11.5 Å². The number of hydrogen-bond donors (Lipinski definition) is 3. The largest absolute Gasteiger partial charge is 0.457 e. The highest BCUT2D eigenvalue weighted by molar-refractivity contribution is 5.99. The summed E-state index contributed by atoms with van der Waals surface area (Å²) < 4.78 is 5.82. The summed E-state index contributed by atoms with van der Waals surface area (Å²) in [5, 5.41) is 15.1. The number of hydrogen-bond acceptors (Lipinski definition) is 4. The number of fused-ring (bicyclic) bond motifs is 1. The van der Waals surface area contributed by atoms with Crippen LogP contribution in [0.15, 0.2) is 66.7 Å². The number of aliphatic hydroxyl groups excluding tert-OH is 1. The maximum Gasteiger partial charge on any atom is 0.323 e. The van der Waals surface area contributed by atoms with E-state index < -0.39 is 0 Å². The van der Waals surface area contributed by atoms with Gasteiger partial charge in [0.2, 0.25) is 0 Å². The zero-order chi connectivity index (χ0) is 23.2. The number of nitrogens with one attached hydrogen (secondary N) is 2. The fraction of sp³-hybridized carbons (Fsp3) is 0.296. The molecule has 1 atom stereocenters. The van der Waals surface area contributed by atoms with Crippen LogP contribution in [0.2, 0.25) is 0 Å². The van der Waals surface area contributed by atoms with Gasteiger partial charge in [-0.1, -0.05) is 18.2 Å². The third-order valence-electron chi connectivity index (χ3n) is 5.85. The number of carbonyl (C=O) groups is 1. The lowest BCUT2D eigenvalue weighted by molar-refractivity contribution is 0.262. The molecular weight excluding hydrogens is 414 g/mol. The van der Waals surface area contributed by atoms with Gasteiger partial charge in [0.25, 0.3) is 0 Å². The number of aliphatic hydroxyl groups is 1. The van der Waals surface area contributed by atoms with Crippen LogP contribution in [0.4, 0.5) is 16.2 Å². The van der Waals surface area contributed by atoms with Crippen molar-refractivity contribution >= 4 is 17.4 Å². The summed E-state index contributed by atoms with van der Waals surface area (Å²) in [4.78, 5) is 14.7. The molecule has 1 aliphatic rings.